The lowest BCUT2D eigenvalue weighted by atomic mass is 9.96. The summed E-state index contributed by atoms with van der Waals surface area (Å²) in [6.07, 6.45) is 10.5. The molecule has 1 aromatic carbocycles. The Hall–Kier alpha value is -2.08. The number of anilines is 1. The van der Waals surface area contributed by atoms with E-state index in [2.05, 4.69) is 18.7 Å². The van der Waals surface area contributed by atoms with Gasteiger partial charge in [0.1, 0.15) is 5.75 Å². The van der Waals surface area contributed by atoms with Gasteiger partial charge in [-0.15, -0.1) is 0 Å². The number of hydrogen-bond acceptors (Lipinski definition) is 4. The van der Waals surface area contributed by atoms with Crippen LogP contribution in [-0.4, -0.2) is 47.9 Å². The number of para-hydroxylation sites is 2. The van der Waals surface area contributed by atoms with Gasteiger partial charge in [0.15, 0.2) is 6.10 Å². The molecule has 0 radical (unpaired) electrons. The molecule has 33 heavy (non-hydrogen) atoms. The average Bonchev–Trinajstić information content (AvgIpc) is 3.26. The fourth-order valence-electron chi connectivity index (χ4n) is 6.19. The number of carbonyl (C=O) groups excluding carboxylic acids is 1. The molecule has 0 spiro atoms. The molecule has 1 saturated heterocycles. The van der Waals surface area contributed by atoms with Gasteiger partial charge in [-0.05, 0) is 89.8 Å². The van der Waals surface area contributed by atoms with Crippen molar-refractivity contribution in [1.82, 2.24) is 4.90 Å². The second-order valence-corrected chi connectivity index (χ2v) is 10.6. The topological polar surface area (TPSA) is 82.7 Å². The van der Waals surface area contributed by atoms with Gasteiger partial charge in [0.2, 0.25) is 0 Å². The van der Waals surface area contributed by atoms with Crippen LogP contribution in [0.5, 0.6) is 5.75 Å². The number of hydrogen-bond donors (Lipinski definition) is 2. The maximum absolute atomic E-state index is 13.4. The number of ether oxygens (including phenoxy) is 1. The number of nitrogens with two attached hydrogens (primary N) is 1. The van der Waals surface area contributed by atoms with E-state index in [1.165, 1.54) is 25.7 Å². The Morgan fingerprint density at radius 3 is 2.52 bits per heavy atom. The van der Waals surface area contributed by atoms with Crippen LogP contribution < -0.4 is 15.4 Å². The van der Waals surface area contributed by atoms with E-state index in [0.717, 1.165) is 63.1 Å². The van der Waals surface area contributed by atoms with E-state index < -0.39 is 6.10 Å². The highest BCUT2D eigenvalue weighted by atomic mass is 16.5. The van der Waals surface area contributed by atoms with Crippen molar-refractivity contribution in [2.24, 2.45) is 17.6 Å². The molecule has 2 aliphatic heterocycles. The lowest BCUT2D eigenvalue weighted by Gasteiger charge is -2.39. The SMILES string of the molecule is C[C@@H]1CCC[C@H](C)N1CCCCCN1C(=O)C(CC2CCC(C(=N)N)C2)Oc2ccccc21. The zero-order chi connectivity index (χ0) is 23.4. The summed E-state index contributed by atoms with van der Waals surface area (Å²) in [4.78, 5) is 18.1. The Labute approximate surface area is 199 Å². The predicted octanol–water partition coefficient (Wildman–Crippen LogP) is 4.96. The van der Waals surface area contributed by atoms with Gasteiger partial charge in [0.25, 0.3) is 5.91 Å². The summed E-state index contributed by atoms with van der Waals surface area (Å²) in [5.74, 6) is 1.77. The monoisotopic (exact) mass is 454 g/mol. The van der Waals surface area contributed by atoms with Gasteiger partial charge in [0, 0.05) is 24.5 Å². The third kappa shape index (κ3) is 5.71. The summed E-state index contributed by atoms with van der Waals surface area (Å²) in [5.41, 5.74) is 6.63. The second kappa shape index (κ2) is 10.9. The first-order chi connectivity index (χ1) is 15.9. The van der Waals surface area contributed by atoms with Crippen LogP contribution in [0.15, 0.2) is 24.3 Å². The molecule has 0 bridgehead atoms. The number of likely N-dealkylation sites (tertiary alicyclic amines) is 1. The first-order valence-corrected chi connectivity index (χ1v) is 13.1. The van der Waals surface area contributed by atoms with Gasteiger partial charge < -0.3 is 15.4 Å². The number of rotatable bonds is 9. The summed E-state index contributed by atoms with van der Waals surface area (Å²) in [5, 5.41) is 7.74. The Balaban J connectivity index is 1.31. The highest BCUT2D eigenvalue weighted by molar-refractivity contribution is 6.00. The fourth-order valence-corrected chi connectivity index (χ4v) is 6.19. The molecule has 3 N–H and O–H groups in total. The van der Waals surface area contributed by atoms with Crippen LogP contribution in [0.1, 0.15) is 78.1 Å². The summed E-state index contributed by atoms with van der Waals surface area (Å²) in [7, 11) is 0. The smallest absolute Gasteiger partial charge is 0.268 e. The lowest BCUT2D eigenvalue weighted by molar-refractivity contribution is -0.127. The van der Waals surface area contributed by atoms with E-state index in [0.29, 0.717) is 18.0 Å². The summed E-state index contributed by atoms with van der Waals surface area (Å²) >= 11 is 0. The highest BCUT2D eigenvalue weighted by Gasteiger charge is 2.37. The van der Waals surface area contributed by atoms with Crippen LogP contribution in [0.2, 0.25) is 0 Å². The highest BCUT2D eigenvalue weighted by Crippen LogP contribution is 2.39. The third-order valence-electron chi connectivity index (χ3n) is 8.17. The lowest BCUT2D eigenvalue weighted by Crippen LogP contribution is -2.47. The number of benzene rings is 1. The molecule has 2 fully saturated rings. The van der Waals surface area contributed by atoms with Gasteiger partial charge in [-0.2, -0.15) is 0 Å². The predicted molar refractivity (Wildman–Crippen MR) is 134 cm³/mol. The number of amidine groups is 1. The van der Waals surface area contributed by atoms with Gasteiger partial charge in [-0.3, -0.25) is 15.1 Å². The summed E-state index contributed by atoms with van der Waals surface area (Å²) < 4.78 is 6.18. The van der Waals surface area contributed by atoms with Gasteiger partial charge in [-0.1, -0.05) is 25.0 Å². The molecule has 3 unspecified atom stereocenters. The van der Waals surface area contributed by atoms with Crippen LogP contribution >= 0.6 is 0 Å². The average molecular weight is 455 g/mol. The van der Waals surface area contributed by atoms with Crippen molar-refractivity contribution in [1.29, 1.82) is 5.41 Å². The molecule has 0 aromatic heterocycles. The number of nitrogens with zero attached hydrogens (tertiary/aromatic N) is 2. The summed E-state index contributed by atoms with van der Waals surface area (Å²) in [6, 6.07) is 9.33. The molecule has 1 aromatic rings. The molecule has 5 atom stereocenters. The van der Waals surface area contributed by atoms with E-state index in [1.54, 1.807) is 0 Å². The molecule has 4 rings (SSSR count). The van der Waals surface area contributed by atoms with Gasteiger partial charge in [-0.25, -0.2) is 0 Å². The molecular formula is C27H42N4O2. The molecule has 1 amide bonds. The van der Waals surface area contributed by atoms with Crippen LogP contribution in [0.4, 0.5) is 5.69 Å². The van der Waals surface area contributed by atoms with Crippen LogP contribution in [-0.2, 0) is 4.79 Å². The first-order valence-electron chi connectivity index (χ1n) is 13.1. The number of fused-ring (bicyclic) bond motifs is 1. The molecule has 1 saturated carbocycles. The van der Waals surface area contributed by atoms with E-state index in [4.69, 9.17) is 15.9 Å². The quantitative estimate of drug-likeness (QED) is 0.314. The summed E-state index contributed by atoms with van der Waals surface area (Å²) in [6.45, 7) is 6.64. The minimum Gasteiger partial charge on any atom is -0.478 e. The maximum Gasteiger partial charge on any atom is 0.268 e. The standard InChI is InChI=1S/C27H42N4O2/c1-19-9-8-10-20(2)30(19)15-6-3-7-16-31-23-11-4-5-12-24(23)33-25(27(31)32)18-21-13-14-22(17-21)26(28)29/h4-5,11-12,19-22,25H,3,6-10,13-18H2,1-2H3,(H3,28,29)/t19-,20+,21?,22?,25?. The number of nitrogens with one attached hydrogen (secondary N) is 1. The minimum absolute atomic E-state index is 0.0956. The molecular weight excluding hydrogens is 412 g/mol. The molecule has 6 heteroatoms. The van der Waals surface area contributed by atoms with Crippen molar-refractivity contribution >= 4 is 17.4 Å². The van der Waals surface area contributed by atoms with E-state index in [-0.39, 0.29) is 17.7 Å². The number of amides is 1. The number of piperidine rings is 1. The number of carbonyl (C=O) groups is 1. The van der Waals surface area contributed by atoms with Crippen molar-refractivity contribution in [3.8, 4) is 5.75 Å². The zero-order valence-corrected chi connectivity index (χ0v) is 20.5. The third-order valence-corrected chi connectivity index (χ3v) is 8.17. The normalized spacial score (nSPS) is 30.2. The molecule has 1 aliphatic carbocycles. The molecule has 3 aliphatic rings. The van der Waals surface area contributed by atoms with Crippen molar-refractivity contribution in [3.05, 3.63) is 24.3 Å². The Morgan fingerprint density at radius 1 is 1.06 bits per heavy atom. The van der Waals surface area contributed by atoms with Crippen LogP contribution in [0.3, 0.4) is 0 Å². The fraction of sp³-hybridized carbons (Fsp3) is 0.704. The Kier molecular flexibility index (Phi) is 7.94. The van der Waals surface area contributed by atoms with E-state index in [9.17, 15) is 4.79 Å². The minimum atomic E-state index is -0.425. The van der Waals surface area contributed by atoms with Crippen molar-refractivity contribution < 1.29 is 9.53 Å². The van der Waals surface area contributed by atoms with Gasteiger partial charge >= 0.3 is 0 Å². The molecule has 6 nitrogen and oxygen atoms in total. The molecule has 182 valence electrons. The Morgan fingerprint density at radius 2 is 1.79 bits per heavy atom. The Bertz CT molecular complexity index is 818. The van der Waals surface area contributed by atoms with Crippen LogP contribution in [0.25, 0.3) is 0 Å². The zero-order valence-electron chi connectivity index (χ0n) is 20.5. The largest absolute Gasteiger partial charge is 0.478 e. The van der Waals surface area contributed by atoms with E-state index in [1.807, 2.05) is 29.2 Å². The van der Waals surface area contributed by atoms with E-state index >= 15 is 0 Å². The van der Waals surface area contributed by atoms with Crippen molar-refractivity contribution in [2.75, 3.05) is 18.0 Å². The molecule has 2 heterocycles. The number of unbranched alkanes of at least 4 members (excludes halogenated alkanes) is 2. The maximum atomic E-state index is 13.4. The van der Waals surface area contributed by atoms with Crippen LogP contribution in [0, 0.1) is 17.2 Å². The van der Waals surface area contributed by atoms with Crippen molar-refractivity contribution in [2.45, 2.75) is 96.2 Å². The van der Waals surface area contributed by atoms with Crippen molar-refractivity contribution in [3.63, 3.8) is 0 Å². The van der Waals surface area contributed by atoms with Gasteiger partial charge in [0.05, 0.1) is 11.5 Å². The second-order valence-electron chi connectivity index (χ2n) is 10.6. The first kappa shape index (κ1) is 24.1.